The molecule has 3 atom stereocenters. The molecule has 1 N–H and O–H groups in total. The number of hydrogen-bond donors (Lipinski definition) is 1. The average Bonchev–Trinajstić information content (AvgIpc) is 2.46. The van der Waals surface area contributed by atoms with E-state index in [9.17, 15) is 9.50 Å². The molecule has 110 valence electrons. The molecular formula is C17H24FNO. The Morgan fingerprint density at radius 1 is 1.20 bits per heavy atom. The lowest BCUT2D eigenvalue weighted by molar-refractivity contribution is 0.189. The largest absolute Gasteiger partial charge is 0.389 e. The Bertz CT molecular complexity index is 474. The van der Waals surface area contributed by atoms with E-state index in [-0.39, 0.29) is 5.82 Å². The van der Waals surface area contributed by atoms with Gasteiger partial charge in [0.25, 0.3) is 0 Å². The minimum absolute atomic E-state index is 0.289. The van der Waals surface area contributed by atoms with Gasteiger partial charge in [0.2, 0.25) is 0 Å². The Kier molecular flexibility index (Phi) is 3.97. The molecule has 2 nitrogen and oxygen atoms in total. The molecule has 1 aliphatic carbocycles. The van der Waals surface area contributed by atoms with Crippen molar-refractivity contribution in [3.63, 3.8) is 0 Å². The van der Waals surface area contributed by atoms with Gasteiger partial charge in [0, 0.05) is 24.3 Å². The third-order valence-corrected chi connectivity index (χ3v) is 5.08. The molecule has 2 unspecified atom stereocenters. The summed E-state index contributed by atoms with van der Waals surface area (Å²) < 4.78 is 14.0. The molecule has 0 aromatic heterocycles. The SMILES string of the molecule is C[C@H](O)c1c(F)cccc1N1CCC2CCCCC2C1. The average molecular weight is 277 g/mol. The summed E-state index contributed by atoms with van der Waals surface area (Å²) in [5.41, 5.74) is 1.35. The summed E-state index contributed by atoms with van der Waals surface area (Å²) in [5.74, 6) is 1.33. The Hall–Kier alpha value is -1.09. The van der Waals surface area contributed by atoms with E-state index in [4.69, 9.17) is 0 Å². The second-order valence-corrected chi connectivity index (χ2v) is 6.39. The number of rotatable bonds is 2. The number of nitrogens with zero attached hydrogens (tertiary/aromatic N) is 1. The molecule has 1 saturated heterocycles. The van der Waals surface area contributed by atoms with Crippen LogP contribution in [0.4, 0.5) is 10.1 Å². The Balaban J connectivity index is 1.84. The van der Waals surface area contributed by atoms with Crippen LogP contribution in [0.3, 0.4) is 0 Å². The van der Waals surface area contributed by atoms with E-state index < -0.39 is 6.10 Å². The molecule has 1 aromatic carbocycles. The van der Waals surface area contributed by atoms with Crippen LogP contribution in [0, 0.1) is 17.7 Å². The first-order valence-electron chi connectivity index (χ1n) is 7.88. The monoisotopic (exact) mass is 277 g/mol. The molecule has 1 aliphatic heterocycles. The molecule has 0 radical (unpaired) electrons. The minimum atomic E-state index is -0.754. The van der Waals surface area contributed by atoms with E-state index in [1.54, 1.807) is 13.0 Å². The van der Waals surface area contributed by atoms with Crippen LogP contribution >= 0.6 is 0 Å². The number of hydrogen-bond acceptors (Lipinski definition) is 2. The highest BCUT2D eigenvalue weighted by molar-refractivity contribution is 5.55. The first kappa shape index (κ1) is 13.9. The fourth-order valence-electron chi connectivity index (χ4n) is 4.03. The summed E-state index contributed by atoms with van der Waals surface area (Å²) in [6.07, 6.45) is 5.84. The fraction of sp³-hybridized carbons (Fsp3) is 0.647. The molecule has 0 spiro atoms. The van der Waals surface area contributed by atoms with Crippen molar-refractivity contribution in [3.05, 3.63) is 29.6 Å². The van der Waals surface area contributed by atoms with Gasteiger partial charge in [-0.05, 0) is 43.7 Å². The molecule has 3 heteroatoms. The van der Waals surface area contributed by atoms with E-state index in [0.717, 1.165) is 30.6 Å². The predicted molar refractivity (Wildman–Crippen MR) is 79.3 cm³/mol. The molecule has 20 heavy (non-hydrogen) atoms. The maximum atomic E-state index is 14.0. The van der Waals surface area contributed by atoms with Gasteiger partial charge in [-0.1, -0.05) is 25.3 Å². The zero-order chi connectivity index (χ0) is 14.1. The smallest absolute Gasteiger partial charge is 0.131 e. The van der Waals surface area contributed by atoms with Gasteiger partial charge >= 0.3 is 0 Å². The number of anilines is 1. The van der Waals surface area contributed by atoms with E-state index in [2.05, 4.69) is 4.90 Å². The standard InChI is InChI=1S/C17H24FNO/c1-12(20)17-15(18)7-4-8-16(17)19-10-9-13-5-2-3-6-14(13)11-19/h4,7-8,12-14,20H,2-3,5-6,9-11H2,1H3/t12-,13?,14?/m0/s1. The first-order valence-corrected chi connectivity index (χ1v) is 7.88. The molecule has 0 bridgehead atoms. The highest BCUT2D eigenvalue weighted by Gasteiger charge is 2.32. The Labute approximate surface area is 120 Å². The van der Waals surface area contributed by atoms with Crippen molar-refractivity contribution in [1.29, 1.82) is 0 Å². The zero-order valence-corrected chi connectivity index (χ0v) is 12.2. The summed E-state index contributed by atoms with van der Waals surface area (Å²) in [7, 11) is 0. The van der Waals surface area contributed by atoms with Crippen LogP contribution in [0.15, 0.2) is 18.2 Å². The maximum absolute atomic E-state index is 14.0. The number of fused-ring (bicyclic) bond motifs is 1. The van der Waals surface area contributed by atoms with Crippen LogP contribution in [0.5, 0.6) is 0 Å². The van der Waals surface area contributed by atoms with Gasteiger partial charge in [-0.15, -0.1) is 0 Å². The highest BCUT2D eigenvalue weighted by atomic mass is 19.1. The molecule has 0 amide bonds. The van der Waals surface area contributed by atoms with Gasteiger partial charge in [-0.2, -0.15) is 0 Å². The van der Waals surface area contributed by atoms with Gasteiger partial charge in [0.05, 0.1) is 6.10 Å². The van der Waals surface area contributed by atoms with E-state index in [1.807, 2.05) is 6.07 Å². The highest BCUT2D eigenvalue weighted by Crippen LogP contribution is 2.39. The second-order valence-electron chi connectivity index (χ2n) is 6.39. The quantitative estimate of drug-likeness (QED) is 0.886. The normalized spacial score (nSPS) is 28.1. The van der Waals surface area contributed by atoms with Crippen molar-refractivity contribution in [3.8, 4) is 0 Å². The summed E-state index contributed by atoms with van der Waals surface area (Å²) in [6.45, 7) is 3.66. The van der Waals surface area contributed by atoms with E-state index in [0.29, 0.717) is 5.56 Å². The Morgan fingerprint density at radius 3 is 2.70 bits per heavy atom. The lowest BCUT2D eigenvalue weighted by Gasteiger charge is -2.43. The molecule has 1 saturated carbocycles. The summed E-state index contributed by atoms with van der Waals surface area (Å²) in [4.78, 5) is 2.29. The van der Waals surface area contributed by atoms with Crippen molar-refractivity contribution >= 4 is 5.69 Å². The Morgan fingerprint density at radius 2 is 1.95 bits per heavy atom. The van der Waals surface area contributed by atoms with Crippen molar-refractivity contribution in [2.45, 2.75) is 45.1 Å². The second kappa shape index (κ2) is 5.72. The summed E-state index contributed by atoms with van der Waals surface area (Å²) in [5, 5.41) is 9.88. The molecule has 2 fully saturated rings. The van der Waals surface area contributed by atoms with Crippen LogP contribution in [0.2, 0.25) is 0 Å². The first-order chi connectivity index (χ1) is 9.66. The van der Waals surface area contributed by atoms with Crippen molar-refractivity contribution in [2.24, 2.45) is 11.8 Å². The lowest BCUT2D eigenvalue weighted by atomic mass is 9.75. The maximum Gasteiger partial charge on any atom is 0.131 e. The van der Waals surface area contributed by atoms with E-state index >= 15 is 0 Å². The minimum Gasteiger partial charge on any atom is -0.389 e. The fourth-order valence-corrected chi connectivity index (χ4v) is 4.03. The molecule has 2 aliphatic rings. The van der Waals surface area contributed by atoms with Crippen molar-refractivity contribution in [2.75, 3.05) is 18.0 Å². The van der Waals surface area contributed by atoms with Gasteiger partial charge in [0.1, 0.15) is 5.82 Å². The summed E-state index contributed by atoms with van der Waals surface area (Å²) >= 11 is 0. The third kappa shape index (κ3) is 2.56. The van der Waals surface area contributed by atoms with Gasteiger partial charge < -0.3 is 10.0 Å². The topological polar surface area (TPSA) is 23.5 Å². The van der Waals surface area contributed by atoms with Crippen molar-refractivity contribution in [1.82, 2.24) is 0 Å². The van der Waals surface area contributed by atoms with Crippen LogP contribution in [-0.4, -0.2) is 18.2 Å². The van der Waals surface area contributed by atoms with Gasteiger partial charge in [-0.3, -0.25) is 0 Å². The van der Waals surface area contributed by atoms with Crippen LogP contribution in [0.1, 0.15) is 50.7 Å². The molecule has 1 aromatic rings. The van der Waals surface area contributed by atoms with Crippen LogP contribution < -0.4 is 4.90 Å². The van der Waals surface area contributed by atoms with Gasteiger partial charge in [0.15, 0.2) is 0 Å². The number of halogens is 1. The summed E-state index contributed by atoms with van der Waals surface area (Å²) in [6, 6.07) is 5.15. The van der Waals surface area contributed by atoms with E-state index in [1.165, 1.54) is 38.2 Å². The number of aliphatic hydroxyl groups is 1. The lowest BCUT2D eigenvalue weighted by Crippen LogP contribution is -2.42. The number of aliphatic hydroxyl groups excluding tert-OH is 1. The predicted octanol–water partition coefficient (Wildman–Crippen LogP) is 3.90. The number of benzene rings is 1. The van der Waals surface area contributed by atoms with Crippen molar-refractivity contribution < 1.29 is 9.50 Å². The number of piperidine rings is 1. The third-order valence-electron chi connectivity index (χ3n) is 5.08. The van der Waals surface area contributed by atoms with Crippen LogP contribution in [-0.2, 0) is 0 Å². The zero-order valence-electron chi connectivity index (χ0n) is 12.2. The van der Waals surface area contributed by atoms with Crippen LogP contribution in [0.25, 0.3) is 0 Å². The molecule has 1 heterocycles. The van der Waals surface area contributed by atoms with Gasteiger partial charge in [-0.25, -0.2) is 4.39 Å². The molecule has 3 rings (SSSR count). The molecular weight excluding hydrogens is 253 g/mol.